The second-order valence-electron chi connectivity index (χ2n) is 7.34. The molecule has 4 atom stereocenters. The van der Waals surface area contributed by atoms with Gasteiger partial charge in [-0.25, -0.2) is 4.98 Å². The average molecular weight is 361 g/mol. The number of pyridine rings is 1. The molecule has 0 bridgehead atoms. The van der Waals surface area contributed by atoms with Crippen molar-refractivity contribution in [3.05, 3.63) is 29.6 Å². The molecule has 142 valence electrons. The Morgan fingerprint density at radius 1 is 0.808 bits per heavy atom. The summed E-state index contributed by atoms with van der Waals surface area (Å²) in [7, 11) is 0. The van der Waals surface area contributed by atoms with E-state index in [1.807, 2.05) is 27.7 Å². The van der Waals surface area contributed by atoms with E-state index in [1.165, 1.54) is 0 Å². The third kappa shape index (κ3) is 4.22. The summed E-state index contributed by atoms with van der Waals surface area (Å²) in [5.74, 6) is -0.323. The number of aromatic nitrogens is 1. The Kier molecular flexibility index (Phi) is 5.58. The van der Waals surface area contributed by atoms with Crippen LogP contribution in [0, 0.1) is 0 Å². The molecule has 3 rings (SSSR count). The third-order valence-corrected chi connectivity index (χ3v) is 4.60. The first-order chi connectivity index (χ1) is 12.3. The van der Waals surface area contributed by atoms with E-state index in [2.05, 4.69) is 4.98 Å². The van der Waals surface area contributed by atoms with Crippen molar-refractivity contribution < 1.29 is 19.1 Å². The van der Waals surface area contributed by atoms with Crippen molar-refractivity contribution in [2.24, 2.45) is 0 Å². The molecule has 1 aromatic heterocycles. The molecule has 2 saturated heterocycles. The zero-order valence-electron chi connectivity index (χ0n) is 15.8. The fourth-order valence-corrected chi connectivity index (χ4v) is 3.68. The van der Waals surface area contributed by atoms with Crippen LogP contribution in [-0.4, -0.2) is 77.2 Å². The quantitative estimate of drug-likeness (QED) is 0.800. The number of hydrogen-bond acceptors (Lipinski definition) is 5. The van der Waals surface area contributed by atoms with Gasteiger partial charge in [0.25, 0.3) is 11.8 Å². The lowest BCUT2D eigenvalue weighted by Crippen LogP contribution is -2.49. The standard InChI is InChI=1S/C19H27N3O4/c1-12-8-21(9-13(2)25-12)18(23)16-6-5-7-17(20-16)19(24)22-10-14(3)26-15(4)11-22/h5-7,12-15H,8-11H2,1-4H3. The van der Waals surface area contributed by atoms with Crippen molar-refractivity contribution >= 4 is 11.8 Å². The molecule has 2 aliphatic rings. The van der Waals surface area contributed by atoms with E-state index in [0.717, 1.165) is 0 Å². The van der Waals surface area contributed by atoms with Crippen LogP contribution in [0.15, 0.2) is 18.2 Å². The number of carbonyl (C=O) groups is 2. The van der Waals surface area contributed by atoms with Crippen molar-refractivity contribution in [2.75, 3.05) is 26.2 Å². The number of rotatable bonds is 2. The summed E-state index contributed by atoms with van der Waals surface area (Å²) in [6.45, 7) is 9.91. The molecule has 0 N–H and O–H groups in total. The minimum absolute atomic E-state index is 0.0103. The predicted octanol–water partition coefficient (Wildman–Crippen LogP) is 1.58. The van der Waals surface area contributed by atoms with Crippen molar-refractivity contribution in [1.82, 2.24) is 14.8 Å². The van der Waals surface area contributed by atoms with Gasteiger partial charge in [0.1, 0.15) is 11.4 Å². The molecule has 3 heterocycles. The van der Waals surface area contributed by atoms with Gasteiger partial charge >= 0.3 is 0 Å². The number of carbonyl (C=O) groups excluding carboxylic acids is 2. The molecule has 4 unspecified atom stereocenters. The Bertz CT molecular complexity index is 607. The second kappa shape index (κ2) is 7.72. The molecule has 7 heteroatoms. The van der Waals surface area contributed by atoms with Crippen molar-refractivity contribution in [3.8, 4) is 0 Å². The molecule has 2 amide bonds. The molecule has 0 radical (unpaired) electrons. The first-order valence-electron chi connectivity index (χ1n) is 9.20. The summed E-state index contributed by atoms with van der Waals surface area (Å²) in [5.41, 5.74) is 0.595. The minimum Gasteiger partial charge on any atom is -0.372 e. The van der Waals surface area contributed by atoms with E-state index >= 15 is 0 Å². The summed E-state index contributed by atoms with van der Waals surface area (Å²) in [4.78, 5) is 33.5. The SMILES string of the molecule is CC1CN(C(=O)c2cccc(C(=O)N3CC(C)OC(C)C3)n2)CC(C)O1. The molecule has 2 aliphatic heterocycles. The Morgan fingerprint density at radius 2 is 1.15 bits per heavy atom. The largest absolute Gasteiger partial charge is 0.372 e. The maximum atomic E-state index is 12.8. The van der Waals surface area contributed by atoms with E-state index in [1.54, 1.807) is 28.0 Å². The fraction of sp³-hybridized carbons (Fsp3) is 0.632. The lowest BCUT2D eigenvalue weighted by Gasteiger charge is -2.35. The van der Waals surface area contributed by atoms with Gasteiger partial charge < -0.3 is 19.3 Å². The van der Waals surface area contributed by atoms with E-state index in [9.17, 15) is 9.59 Å². The Hall–Kier alpha value is -1.99. The summed E-state index contributed by atoms with van der Waals surface area (Å²) in [5, 5.41) is 0. The Balaban J connectivity index is 1.75. The molecule has 0 aliphatic carbocycles. The predicted molar refractivity (Wildman–Crippen MR) is 96.1 cm³/mol. The van der Waals surface area contributed by atoms with Gasteiger partial charge in [0, 0.05) is 26.2 Å². The van der Waals surface area contributed by atoms with Crippen LogP contribution >= 0.6 is 0 Å². The zero-order valence-corrected chi connectivity index (χ0v) is 15.8. The average Bonchev–Trinajstić information content (AvgIpc) is 2.59. The highest BCUT2D eigenvalue weighted by atomic mass is 16.5. The van der Waals surface area contributed by atoms with Crippen molar-refractivity contribution in [3.63, 3.8) is 0 Å². The Morgan fingerprint density at radius 3 is 1.50 bits per heavy atom. The van der Waals surface area contributed by atoms with Crippen molar-refractivity contribution in [2.45, 2.75) is 52.1 Å². The second-order valence-corrected chi connectivity index (χ2v) is 7.34. The van der Waals surface area contributed by atoms with Gasteiger partial charge in [-0.05, 0) is 39.8 Å². The van der Waals surface area contributed by atoms with Gasteiger partial charge in [0.2, 0.25) is 0 Å². The molecule has 0 aromatic carbocycles. The lowest BCUT2D eigenvalue weighted by atomic mass is 10.2. The number of amides is 2. The summed E-state index contributed by atoms with van der Waals surface area (Å²) in [6, 6.07) is 5.04. The van der Waals surface area contributed by atoms with Crippen LogP contribution in [0.1, 0.15) is 48.7 Å². The van der Waals surface area contributed by atoms with Crippen LogP contribution in [0.4, 0.5) is 0 Å². The van der Waals surface area contributed by atoms with E-state index in [0.29, 0.717) is 37.6 Å². The maximum absolute atomic E-state index is 12.8. The van der Waals surface area contributed by atoms with Crippen LogP contribution in [0.25, 0.3) is 0 Å². The summed E-state index contributed by atoms with van der Waals surface area (Å²) >= 11 is 0. The molecule has 2 fully saturated rings. The van der Waals surface area contributed by atoms with Gasteiger partial charge in [-0.3, -0.25) is 9.59 Å². The number of nitrogens with zero attached hydrogens (tertiary/aromatic N) is 3. The highest BCUT2D eigenvalue weighted by molar-refractivity contribution is 5.96. The summed E-state index contributed by atoms with van der Waals surface area (Å²) in [6.07, 6.45) is -0.0413. The summed E-state index contributed by atoms with van der Waals surface area (Å²) < 4.78 is 11.4. The van der Waals surface area contributed by atoms with Crippen LogP contribution in [0.2, 0.25) is 0 Å². The first-order valence-corrected chi connectivity index (χ1v) is 9.20. The third-order valence-electron chi connectivity index (χ3n) is 4.60. The molecular formula is C19H27N3O4. The lowest BCUT2D eigenvalue weighted by molar-refractivity contribution is -0.0590. The molecule has 0 saturated carbocycles. The van der Waals surface area contributed by atoms with Gasteiger partial charge in [-0.1, -0.05) is 6.07 Å². The maximum Gasteiger partial charge on any atom is 0.272 e. The number of ether oxygens (including phenoxy) is 2. The first kappa shape index (κ1) is 18.8. The highest BCUT2D eigenvalue weighted by Crippen LogP contribution is 2.16. The van der Waals surface area contributed by atoms with Crippen LogP contribution in [0.3, 0.4) is 0 Å². The smallest absolute Gasteiger partial charge is 0.272 e. The molecule has 26 heavy (non-hydrogen) atoms. The number of morpholine rings is 2. The Labute approximate surface area is 154 Å². The number of hydrogen-bond donors (Lipinski definition) is 0. The highest BCUT2D eigenvalue weighted by Gasteiger charge is 2.30. The zero-order chi connectivity index (χ0) is 18.8. The van der Waals surface area contributed by atoms with Crippen LogP contribution in [0.5, 0.6) is 0 Å². The normalized spacial score (nSPS) is 29.5. The van der Waals surface area contributed by atoms with Crippen LogP contribution < -0.4 is 0 Å². The fourth-order valence-electron chi connectivity index (χ4n) is 3.68. The minimum atomic E-state index is -0.162. The molecule has 0 spiro atoms. The van der Waals surface area contributed by atoms with Gasteiger partial charge in [-0.15, -0.1) is 0 Å². The van der Waals surface area contributed by atoms with E-state index in [4.69, 9.17) is 9.47 Å². The molecular weight excluding hydrogens is 334 g/mol. The van der Waals surface area contributed by atoms with Crippen LogP contribution in [-0.2, 0) is 9.47 Å². The van der Waals surface area contributed by atoms with Gasteiger partial charge in [0.15, 0.2) is 0 Å². The molecule has 7 nitrogen and oxygen atoms in total. The topological polar surface area (TPSA) is 72.0 Å². The van der Waals surface area contributed by atoms with E-state index < -0.39 is 0 Å². The van der Waals surface area contributed by atoms with Gasteiger partial charge in [0.05, 0.1) is 24.4 Å². The van der Waals surface area contributed by atoms with E-state index in [-0.39, 0.29) is 36.2 Å². The van der Waals surface area contributed by atoms with Gasteiger partial charge in [-0.2, -0.15) is 0 Å². The monoisotopic (exact) mass is 361 g/mol. The van der Waals surface area contributed by atoms with Crippen molar-refractivity contribution in [1.29, 1.82) is 0 Å². The molecule has 1 aromatic rings.